The number of hydrogen-bond donors (Lipinski definition) is 2. The molecule has 0 aliphatic carbocycles. The highest BCUT2D eigenvalue weighted by molar-refractivity contribution is 5.77. The predicted molar refractivity (Wildman–Crippen MR) is 72.9 cm³/mol. The molecule has 106 valence electrons. The minimum Gasteiger partial charge on any atom is -0.383 e. The van der Waals surface area contributed by atoms with Crippen LogP contribution in [-0.2, 0) is 9.47 Å². The fourth-order valence-electron chi connectivity index (χ4n) is 1.81. The summed E-state index contributed by atoms with van der Waals surface area (Å²) in [6.07, 6.45) is 2.23. The summed E-state index contributed by atoms with van der Waals surface area (Å²) in [5.41, 5.74) is 5.70. The van der Waals surface area contributed by atoms with Crippen LogP contribution in [0.15, 0.2) is 4.99 Å². The van der Waals surface area contributed by atoms with Gasteiger partial charge in [0.1, 0.15) is 0 Å². The zero-order chi connectivity index (χ0) is 13.1. The van der Waals surface area contributed by atoms with Crippen molar-refractivity contribution in [3.63, 3.8) is 0 Å². The molecule has 1 rings (SSSR count). The highest BCUT2D eigenvalue weighted by atomic mass is 16.5. The Morgan fingerprint density at radius 1 is 1.39 bits per heavy atom. The van der Waals surface area contributed by atoms with E-state index in [9.17, 15) is 0 Å². The summed E-state index contributed by atoms with van der Waals surface area (Å²) >= 11 is 0. The molecule has 1 fully saturated rings. The maximum absolute atomic E-state index is 5.70. The van der Waals surface area contributed by atoms with E-state index in [1.54, 1.807) is 7.11 Å². The van der Waals surface area contributed by atoms with Crippen LogP contribution < -0.4 is 11.1 Å². The third-order valence-corrected chi connectivity index (χ3v) is 2.88. The third kappa shape index (κ3) is 7.47. The fourth-order valence-corrected chi connectivity index (χ4v) is 1.81. The smallest absolute Gasteiger partial charge is 0.188 e. The molecule has 1 heterocycles. The molecule has 0 aromatic carbocycles. The number of nitrogens with zero attached hydrogens (tertiary/aromatic N) is 2. The summed E-state index contributed by atoms with van der Waals surface area (Å²) < 4.78 is 10.2. The second-order valence-electron chi connectivity index (χ2n) is 4.35. The average molecular weight is 258 g/mol. The normalized spacial score (nSPS) is 17.9. The topological polar surface area (TPSA) is 72.1 Å². The predicted octanol–water partition coefficient (Wildman–Crippen LogP) is -0.350. The van der Waals surface area contributed by atoms with Gasteiger partial charge in [-0.3, -0.25) is 9.89 Å². The van der Waals surface area contributed by atoms with Crippen molar-refractivity contribution in [1.82, 2.24) is 10.2 Å². The van der Waals surface area contributed by atoms with E-state index in [0.29, 0.717) is 19.1 Å². The third-order valence-electron chi connectivity index (χ3n) is 2.88. The number of morpholine rings is 1. The van der Waals surface area contributed by atoms with Crippen LogP contribution in [0.5, 0.6) is 0 Å². The molecule has 0 spiro atoms. The lowest BCUT2D eigenvalue weighted by Crippen LogP contribution is -2.37. The van der Waals surface area contributed by atoms with Gasteiger partial charge in [0.05, 0.1) is 19.8 Å². The van der Waals surface area contributed by atoms with Gasteiger partial charge in [-0.25, -0.2) is 0 Å². The Kier molecular flexibility index (Phi) is 8.54. The van der Waals surface area contributed by atoms with Crippen LogP contribution in [0, 0.1) is 0 Å². The lowest BCUT2D eigenvalue weighted by Gasteiger charge is -2.26. The van der Waals surface area contributed by atoms with Crippen LogP contribution in [0.2, 0.25) is 0 Å². The van der Waals surface area contributed by atoms with E-state index in [1.807, 2.05) is 0 Å². The first-order valence-electron chi connectivity index (χ1n) is 6.66. The largest absolute Gasteiger partial charge is 0.383 e. The van der Waals surface area contributed by atoms with Crippen molar-refractivity contribution in [2.24, 2.45) is 10.7 Å². The number of aliphatic imine (C=N–C) groups is 1. The lowest BCUT2D eigenvalue weighted by molar-refractivity contribution is 0.0373. The molecule has 0 aromatic heterocycles. The second kappa shape index (κ2) is 10.1. The molecule has 1 aliphatic heterocycles. The van der Waals surface area contributed by atoms with Gasteiger partial charge in [0, 0.05) is 33.3 Å². The quantitative estimate of drug-likeness (QED) is 0.354. The number of unbranched alkanes of at least 4 members (excludes halogenated alkanes) is 1. The molecule has 0 saturated carbocycles. The van der Waals surface area contributed by atoms with E-state index < -0.39 is 0 Å². The molecule has 3 N–H and O–H groups in total. The maximum Gasteiger partial charge on any atom is 0.188 e. The molecule has 0 unspecified atom stereocenters. The minimum atomic E-state index is 0.512. The van der Waals surface area contributed by atoms with Gasteiger partial charge >= 0.3 is 0 Å². The van der Waals surface area contributed by atoms with Crippen molar-refractivity contribution < 1.29 is 9.47 Å². The van der Waals surface area contributed by atoms with Gasteiger partial charge in [0.2, 0.25) is 0 Å². The van der Waals surface area contributed by atoms with Gasteiger partial charge in [-0.15, -0.1) is 0 Å². The van der Waals surface area contributed by atoms with Crippen molar-refractivity contribution >= 4 is 5.96 Å². The first kappa shape index (κ1) is 15.2. The number of nitrogens with one attached hydrogen (secondary N) is 1. The number of rotatable bonds is 8. The number of guanidine groups is 1. The molecule has 6 nitrogen and oxygen atoms in total. The summed E-state index contributed by atoms with van der Waals surface area (Å²) in [7, 11) is 1.67. The number of methoxy groups -OCH3 is 1. The van der Waals surface area contributed by atoms with Gasteiger partial charge in [0.25, 0.3) is 0 Å². The molecule has 1 saturated heterocycles. The van der Waals surface area contributed by atoms with Gasteiger partial charge in [0.15, 0.2) is 5.96 Å². The van der Waals surface area contributed by atoms with E-state index >= 15 is 0 Å². The Hall–Kier alpha value is -0.850. The van der Waals surface area contributed by atoms with E-state index in [1.165, 1.54) is 0 Å². The maximum atomic E-state index is 5.70. The first-order chi connectivity index (χ1) is 8.83. The van der Waals surface area contributed by atoms with Gasteiger partial charge in [-0.2, -0.15) is 0 Å². The Morgan fingerprint density at radius 3 is 2.89 bits per heavy atom. The van der Waals surface area contributed by atoms with Crippen molar-refractivity contribution in [3.8, 4) is 0 Å². The monoisotopic (exact) mass is 258 g/mol. The van der Waals surface area contributed by atoms with Crippen molar-refractivity contribution in [1.29, 1.82) is 0 Å². The molecule has 0 bridgehead atoms. The van der Waals surface area contributed by atoms with Crippen LogP contribution in [0.1, 0.15) is 12.8 Å². The second-order valence-corrected chi connectivity index (χ2v) is 4.35. The zero-order valence-corrected chi connectivity index (χ0v) is 11.4. The summed E-state index contributed by atoms with van der Waals surface area (Å²) in [6, 6.07) is 0. The highest BCUT2D eigenvalue weighted by Gasteiger charge is 2.08. The molecular weight excluding hydrogens is 232 g/mol. The van der Waals surface area contributed by atoms with E-state index in [0.717, 1.165) is 52.2 Å². The Labute approximate surface area is 110 Å². The Bertz CT molecular complexity index is 230. The Balaban J connectivity index is 1.94. The zero-order valence-electron chi connectivity index (χ0n) is 11.4. The molecular formula is C12H26N4O2. The van der Waals surface area contributed by atoms with Crippen LogP contribution in [0.4, 0.5) is 0 Å². The van der Waals surface area contributed by atoms with E-state index in [2.05, 4.69) is 15.2 Å². The summed E-state index contributed by atoms with van der Waals surface area (Å²) in [5, 5.41) is 3.00. The van der Waals surface area contributed by atoms with Crippen LogP contribution in [-0.4, -0.2) is 70.5 Å². The van der Waals surface area contributed by atoms with Crippen LogP contribution >= 0.6 is 0 Å². The average Bonchev–Trinajstić information content (AvgIpc) is 2.40. The minimum absolute atomic E-state index is 0.512. The number of hydrogen-bond acceptors (Lipinski definition) is 4. The molecule has 1 aliphatic rings. The van der Waals surface area contributed by atoms with Gasteiger partial charge in [-0.1, -0.05) is 0 Å². The highest BCUT2D eigenvalue weighted by Crippen LogP contribution is 2.00. The fraction of sp³-hybridized carbons (Fsp3) is 0.917. The lowest BCUT2D eigenvalue weighted by atomic mass is 10.3. The standard InChI is InChI=1S/C12H26N4O2/c1-17-9-5-15-12(13)14-4-2-3-6-16-7-10-18-11-8-16/h2-11H2,1H3,(H3,13,14,15). The molecule has 0 amide bonds. The van der Waals surface area contributed by atoms with Gasteiger partial charge < -0.3 is 20.5 Å². The number of ether oxygens (including phenoxy) is 2. The van der Waals surface area contributed by atoms with Crippen LogP contribution in [0.3, 0.4) is 0 Å². The van der Waals surface area contributed by atoms with Crippen molar-refractivity contribution in [3.05, 3.63) is 0 Å². The molecule has 6 heteroatoms. The first-order valence-corrected chi connectivity index (χ1v) is 6.66. The SMILES string of the molecule is COCCNC(N)=NCCCCN1CCOCC1. The molecule has 0 radical (unpaired) electrons. The Morgan fingerprint density at radius 2 is 2.17 bits per heavy atom. The van der Waals surface area contributed by atoms with Crippen molar-refractivity contribution in [2.75, 3.05) is 59.7 Å². The van der Waals surface area contributed by atoms with Crippen molar-refractivity contribution in [2.45, 2.75) is 12.8 Å². The summed E-state index contributed by atoms with van der Waals surface area (Å²) in [5.74, 6) is 0.512. The molecule has 18 heavy (non-hydrogen) atoms. The van der Waals surface area contributed by atoms with Gasteiger partial charge in [-0.05, 0) is 19.4 Å². The molecule has 0 atom stereocenters. The number of nitrogens with two attached hydrogens (primary N) is 1. The molecule has 0 aromatic rings. The van der Waals surface area contributed by atoms with Crippen LogP contribution in [0.25, 0.3) is 0 Å². The summed E-state index contributed by atoms with van der Waals surface area (Å²) in [4.78, 5) is 6.70. The van der Waals surface area contributed by atoms with E-state index in [-0.39, 0.29) is 0 Å². The summed E-state index contributed by atoms with van der Waals surface area (Å²) in [6.45, 7) is 7.13. The van der Waals surface area contributed by atoms with E-state index in [4.69, 9.17) is 15.2 Å².